The van der Waals surface area contributed by atoms with Crippen molar-refractivity contribution >= 4 is 23.5 Å². The van der Waals surface area contributed by atoms with E-state index in [1.54, 1.807) is 18.2 Å². The number of nitrogens with one attached hydrogen (secondary N) is 2. The number of methoxy groups -OCH3 is 1. The van der Waals surface area contributed by atoms with Gasteiger partial charge in [0.2, 0.25) is 0 Å². The van der Waals surface area contributed by atoms with Crippen LogP contribution in [-0.2, 0) is 0 Å². The molecule has 0 saturated heterocycles. The van der Waals surface area contributed by atoms with E-state index in [1.807, 2.05) is 12.1 Å². The molecule has 2 aromatic heterocycles. The number of halogens is 1. The second-order valence-corrected chi connectivity index (χ2v) is 4.91. The van der Waals surface area contributed by atoms with Crippen molar-refractivity contribution < 1.29 is 9.53 Å². The van der Waals surface area contributed by atoms with Crippen LogP contribution in [0.25, 0.3) is 11.3 Å². The van der Waals surface area contributed by atoms with Crippen molar-refractivity contribution in [1.82, 2.24) is 25.6 Å². The summed E-state index contributed by atoms with van der Waals surface area (Å²) in [5.74, 6) is 0.0939. The summed E-state index contributed by atoms with van der Waals surface area (Å²) < 4.78 is 5.23. The van der Waals surface area contributed by atoms with E-state index >= 15 is 0 Å². The van der Waals surface area contributed by atoms with Crippen LogP contribution in [0.4, 0.5) is 5.95 Å². The third-order valence-electron chi connectivity index (χ3n) is 2.98. The minimum atomic E-state index is -0.472. The monoisotopic (exact) mass is 330 g/mol. The van der Waals surface area contributed by atoms with Crippen molar-refractivity contribution in [1.29, 1.82) is 0 Å². The first kappa shape index (κ1) is 14.9. The summed E-state index contributed by atoms with van der Waals surface area (Å²) in [5.41, 5.74) is 1.56. The van der Waals surface area contributed by atoms with Crippen LogP contribution in [0.3, 0.4) is 0 Å². The molecule has 9 heteroatoms. The minimum Gasteiger partial charge on any atom is -0.497 e. The van der Waals surface area contributed by atoms with E-state index in [2.05, 4.69) is 30.9 Å². The van der Waals surface area contributed by atoms with Crippen LogP contribution in [0.5, 0.6) is 5.75 Å². The fourth-order valence-corrected chi connectivity index (χ4v) is 2.01. The van der Waals surface area contributed by atoms with E-state index in [0.29, 0.717) is 16.5 Å². The predicted molar refractivity (Wildman–Crippen MR) is 83.4 cm³/mol. The molecule has 8 nitrogen and oxygen atoms in total. The molecule has 3 rings (SSSR count). The summed E-state index contributed by atoms with van der Waals surface area (Å²) in [6, 6.07) is 10.4. The Hall–Kier alpha value is -3.00. The van der Waals surface area contributed by atoms with Gasteiger partial charge in [-0.2, -0.15) is 5.21 Å². The molecular weight excluding hydrogens is 320 g/mol. The molecule has 1 aromatic carbocycles. The molecule has 0 atom stereocenters. The molecule has 0 unspecified atom stereocenters. The van der Waals surface area contributed by atoms with Crippen LogP contribution >= 0.6 is 11.6 Å². The first-order chi connectivity index (χ1) is 11.2. The first-order valence-corrected chi connectivity index (χ1v) is 6.90. The van der Waals surface area contributed by atoms with E-state index in [-0.39, 0.29) is 11.6 Å². The van der Waals surface area contributed by atoms with Crippen molar-refractivity contribution in [3.63, 3.8) is 0 Å². The molecule has 0 aliphatic rings. The van der Waals surface area contributed by atoms with Crippen molar-refractivity contribution in [2.45, 2.75) is 0 Å². The normalized spacial score (nSPS) is 10.3. The molecule has 116 valence electrons. The lowest BCUT2D eigenvalue weighted by Gasteiger charge is -2.08. The summed E-state index contributed by atoms with van der Waals surface area (Å²) in [4.78, 5) is 16.6. The van der Waals surface area contributed by atoms with Crippen LogP contribution in [0.2, 0.25) is 5.02 Å². The lowest BCUT2D eigenvalue weighted by Crippen LogP contribution is -2.15. The van der Waals surface area contributed by atoms with Gasteiger partial charge in [0.05, 0.1) is 12.8 Å². The topological polar surface area (TPSA) is 106 Å². The van der Waals surface area contributed by atoms with Gasteiger partial charge in [0.25, 0.3) is 11.9 Å². The molecule has 0 aliphatic carbocycles. The quantitative estimate of drug-likeness (QED) is 0.759. The SMILES string of the molecule is COc1cc(C(=O)Nc2nn[nH]n2)nc(-c2ccc(Cl)cc2)c1. The standard InChI is InChI=1S/C14H11ClN6O2/c1-23-10-6-11(8-2-4-9(15)5-3-8)16-12(7-10)13(22)17-14-18-20-21-19-14/h2-7H,1H3,(H2,17,18,19,20,21,22). The number of amides is 1. The van der Waals surface area contributed by atoms with Crippen LogP contribution in [0.15, 0.2) is 36.4 Å². The predicted octanol–water partition coefficient (Wildman–Crippen LogP) is 2.18. The average molecular weight is 331 g/mol. The zero-order valence-electron chi connectivity index (χ0n) is 11.9. The zero-order valence-corrected chi connectivity index (χ0v) is 12.7. The Morgan fingerprint density at radius 1 is 1.26 bits per heavy atom. The Bertz CT molecular complexity index is 820. The van der Waals surface area contributed by atoms with Gasteiger partial charge in [-0.15, -0.1) is 5.10 Å². The maximum absolute atomic E-state index is 12.2. The number of hydrogen-bond acceptors (Lipinski definition) is 6. The van der Waals surface area contributed by atoms with Crippen LogP contribution in [0, 0.1) is 0 Å². The number of aromatic amines is 1. The molecule has 0 fully saturated rings. The molecule has 2 heterocycles. The van der Waals surface area contributed by atoms with Gasteiger partial charge in [0.15, 0.2) is 0 Å². The fraction of sp³-hybridized carbons (Fsp3) is 0.0714. The third kappa shape index (κ3) is 3.43. The number of hydrogen-bond donors (Lipinski definition) is 2. The number of H-pyrrole nitrogens is 1. The summed E-state index contributed by atoms with van der Waals surface area (Å²) in [7, 11) is 1.52. The highest BCUT2D eigenvalue weighted by Gasteiger charge is 2.14. The van der Waals surface area contributed by atoms with Crippen molar-refractivity contribution in [2.75, 3.05) is 12.4 Å². The molecule has 0 saturated carbocycles. The van der Waals surface area contributed by atoms with E-state index in [9.17, 15) is 4.79 Å². The summed E-state index contributed by atoms with van der Waals surface area (Å²) in [5, 5.41) is 16.0. The van der Waals surface area contributed by atoms with Gasteiger partial charge in [0.1, 0.15) is 11.4 Å². The Morgan fingerprint density at radius 3 is 2.70 bits per heavy atom. The minimum absolute atomic E-state index is 0.0627. The van der Waals surface area contributed by atoms with Gasteiger partial charge in [-0.3, -0.25) is 10.1 Å². The Balaban J connectivity index is 1.95. The molecular formula is C14H11ClN6O2. The van der Waals surface area contributed by atoms with Crippen molar-refractivity contribution in [3.05, 3.63) is 47.1 Å². The van der Waals surface area contributed by atoms with Crippen molar-refractivity contribution in [3.8, 4) is 17.0 Å². The fourth-order valence-electron chi connectivity index (χ4n) is 1.89. The second kappa shape index (κ2) is 6.41. The van der Waals surface area contributed by atoms with Crippen LogP contribution < -0.4 is 10.1 Å². The molecule has 2 N–H and O–H groups in total. The number of tetrazole rings is 1. The molecule has 0 bridgehead atoms. The van der Waals surface area contributed by atoms with Gasteiger partial charge < -0.3 is 4.74 Å². The van der Waals surface area contributed by atoms with Gasteiger partial charge in [0, 0.05) is 22.7 Å². The number of anilines is 1. The highest BCUT2D eigenvalue weighted by atomic mass is 35.5. The van der Waals surface area contributed by atoms with E-state index in [1.165, 1.54) is 13.2 Å². The summed E-state index contributed by atoms with van der Waals surface area (Å²) in [6.45, 7) is 0. The maximum Gasteiger partial charge on any atom is 0.276 e. The van der Waals surface area contributed by atoms with Crippen LogP contribution in [0.1, 0.15) is 10.5 Å². The maximum atomic E-state index is 12.2. The Kier molecular flexibility index (Phi) is 4.15. The zero-order chi connectivity index (χ0) is 16.2. The highest BCUT2D eigenvalue weighted by molar-refractivity contribution is 6.30. The third-order valence-corrected chi connectivity index (χ3v) is 3.23. The van der Waals surface area contributed by atoms with E-state index in [4.69, 9.17) is 16.3 Å². The number of pyridine rings is 1. The summed E-state index contributed by atoms with van der Waals surface area (Å²) >= 11 is 5.89. The van der Waals surface area contributed by atoms with E-state index < -0.39 is 5.91 Å². The van der Waals surface area contributed by atoms with E-state index in [0.717, 1.165) is 5.56 Å². The average Bonchev–Trinajstić information content (AvgIpc) is 3.08. The molecule has 23 heavy (non-hydrogen) atoms. The molecule has 0 radical (unpaired) electrons. The molecule has 1 amide bonds. The highest BCUT2D eigenvalue weighted by Crippen LogP contribution is 2.24. The largest absolute Gasteiger partial charge is 0.497 e. The number of rotatable bonds is 4. The Labute approximate surface area is 135 Å². The lowest BCUT2D eigenvalue weighted by atomic mass is 10.1. The second-order valence-electron chi connectivity index (χ2n) is 4.47. The number of benzene rings is 1. The number of nitrogens with zero attached hydrogens (tertiary/aromatic N) is 4. The van der Waals surface area contributed by atoms with Crippen LogP contribution in [-0.4, -0.2) is 38.6 Å². The van der Waals surface area contributed by atoms with Gasteiger partial charge in [-0.05, 0) is 17.3 Å². The van der Waals surface area contributed by atoms with Gasteiger partial charge >= 0.3 is 0 Å². The molecule has 0 spiro atoms. The Morgan fingerprint density at radius 2 is 2.04 bits per heavy atom. The summed E-state index contributed by atoms with van der Waals surface area (Å²) in [6.07, 6.45) is 0. The smallest absolute Gasteiger partial charge is 0.276 e. The van der Waals surface area contributed by atoms with Gasteiger partial charge in [-0.25, -0.2) is 4.98 Å². The number of aromatic nitrogens is 5. The number of carbonyl (C=O) groups excluding carboxylic acids is 1. The van der Waals surface area contributed by atoms with Crippen molar-refractivity contribution in [2.24, 2.45) is 0 Å². The number of carbonyl (C=O) groups is 1. The number of ether oxygens (including phenoxy) is 1. The lowest BCUT2D eigenvalue weighted by molar-refractivity contribution is 0.102. The first-order valence-electron chi connectivity index (χ1n) is 6.52. The molecule has 0 aliphatic heterocycles. The molecule has 3 aromatic rings. The van der Waals surface area contributed by atoms with Gasteiger partial charge in [-0.1, -0.05) is 28.8 Å².